The van der Waals surface area contributed by atoms with Gasteiger partial charge in [0.25, 0.3) is 0 Å². The lowest BCUT2D eigenvalue weighted by atomic mass is 10.2. The van der Waals surface area contributed by atoms with Crippen molar-refractivity contribution in [3.8, 4) is 0 Å². The summed E-state index contributed by atoms with van der Waals surface area (Å²) in [5, 5.41) is 0. The second-order valence-electron chi connectivity index (χ2n) is 7.98. The summed E-state index contributed by atoms with van der Waals surface area (Å²) in [5.41, 5.74) is 3.15. The zero-order chi connectivity index (χ0) is 20.8. The van der Waals surface area contributed by atoms with Gasteiger partial charge in [0.05, 0.1) is 6.54 Å². The number of benzene rings is 3. The molecule has 0 aliphatic carbocycles. The Balaban J connectivity index is 1.41. The third-order valence-electron chi connectivity index (χ3n) is 5.78. The van der Waals surface area contributed by atoms with Gasteiger partial charge in [-0.1, -0.05) is 66.7 Å². The van der Waals surface area contributed by atoms with Crippen LogP contribution in [0, 0.1) is 0 Å². The highest BCUT2D eigenvalue weighted by Crippen LogP contribution is 2.26. The Morgan fingerprint density at radius 1 is 0.867 bits per heavy atom. The smallest absolute Gasteiger partial charge is 0.245 e. The molecule has 30 heavy (non-hydrogen) atoms. The molecular weight excluding hydrogens is 370 g/mol. The SMILES string of the molecule is CN(CC(=O)N(c1ccccc1)c1ccccc1)C1CCN(Cc2ccccc2)C1. The average Bonchev–Trinajstić information content (AvgIpc) is 3.25. The summed E-state index contributed by atoms with van der Waals surface area (Å²) >= 11 is 0. The van der Waals surface area contributed by atoms with E-state index in [0.29, 0.717) is 12.6 Å². The van der Waals surface area contributed by atoms with Gasteiger partial charge in [0.15, 0.2) is 0 Å². The number of hydrogen-bond donors (Lipinski definition) is 0. The first-order valence-corrected chi connectivity index (χ1v) is 10.6. The fraction of sp³-hybridized carbons (Fsp3) is 0.269. The van der Waals surface area contributed by atoms with Crippen molar-refractivity contribution in [2.75, 3.05) is 31.6 Å². The molecule has 0 aromatic heterocycles. The van der Waals surface area contributed by atoms with Crippen LogP contribution in [0.1, 0.15) is 12.0 Å². The van der Waals surface area contributed by atoms with Crippen LogP contribution in [0.4, 0.5) is 11.4 Å². The molecule has 3 aromatic carbocycles. The van der Waals surface area contributed by atoms with Crippen LogP contribution in [0.15, 0.2) is 91.0 Å². The number of anilines is 2. The van der Waals surface area contributed by atoms with Gasteiger partial charge in [0.2, 0.25) is 5.91 Å². The number of carbonyl (C=O) groups excluding carboxylic acids is 1. The number of likely N-dealkylation sites (N-methyl/N-ethyl adjacent to an activating group) is 1. The minimum Gasteiger partial charge on any atom is -0.297 e. The van der Waals surface area contributed by atoms with Crippen molar-refractivity contribution < 1.29 is 4.79 Å². The normalized spacial score (nSPS) is 16.7. The molecule has 0 spiro atoms. The van der Waals surface area contributed by atoms with Crippen molar-refractivity contribution in [1.82, 2.24) is 9.80 Å². The Kier molecular flexibility index (Phi) is 6.57. The molecule has 3 aromatic rings. The Hall–Kier alpha value is -2.95. The highest BCUT2D eigenvalue weighted by atomic mass is 16.2. The maximum atomic E-state index is 13.4. The van der Waals surface area contributed by atoms with Crippen molar-refractivity contribution in [3.05, 3.63) is 96.6 Å². The molecule has 1 aliphatic heterocycles. The molecule has 4 heteroatoms. The lowest BCUT2D eigenvalue weighted by Crippen LogP contribution is -2.42. The van der Waals surface area contributed by atoms with E-state index < -0.39 is 0 Å². The van der Waals surface area contributed by atoms with Gasteiger partial charge in [-0.05, 0) is 43.3 Å². The molecule has 0 N–H and O–H groups in total. The molecule has 0 saturated carbocycles. The Morgan fingerprint density at radius 2 is 1.40 bits per heavy atom. The second kappa shape index (κ2) is 9.70. The molecule has 1 atom stereocenters. The van der Waals surface area contributed by atoms with Crippen LogP contribution in [0.2, 0.25) is 0 Å². The van der Waals surface area contributed by atoms with Crippen molar-refractivity contribution >= 4 is 17.3 Å². The van der Waals surface area contributed by atoms with Gasteiger partial charge in [0.1, 0.15) is 0 Å². The standard InChI is InChI=1S/C26H29N3O/c1-27(25-17-18-28(20-25)19-22-11-5-2-6-12-22)21-26(30)29(23-13-7-3-8-14-23)24-15-9-4-10-16-24/h2-16,25H,17-21H2,1H3. The molecule has 1 aliphatic rings. The predicted octanol–water partition coefficient (Wildman–Crippen LogP) is 4.56. The summed E-state index contributed by atoms with van der Waals surface area (Å²) in [6.45, 7) is 3.43. The number of rotatable bonds is 7. The van der Waals surface area contributed by atoms with Crippen molar-refractivity contribution in [1.29, 1.82) is 0 Å². The summed E-state index contributed by atoms with van der Waals surface area (Å²) in [6.07, 6.45) is 1.09. The van der Waals surface area contributed by atoms with Crippen molar-refractivity contribution in [2.24, 2.45) is 0 Å². The third-order valence-corrected chi connectivity index (χ3v) is 5.78. The van der Waals surface area contributed by atoms with E-state index in [0.717, 1.165) is 37.4 Å². The highest BCUT2D eigenvalue weighted by Gasteiger charge is 2.28. The van der Waals surface area contributed by atoms with Gasteiger partial charge in [-0.15, -0.1) is 0 Å². The lowest BCUT2D eigenvalue weighted by Gasteiger charge is -2.29. The van der Waals surface area contributed by atoms with Gasteiger partial charge in [-0.25, -0.2) is 0 Å². The van der Waals surface area contributed by atoms with Gasteiger partial charge in [0, 0.05) is 37.1 Å². The van der Waals surface area contributed by atoms with Crippen molar-refractivity contribution in [3.63, 3.8) is 0 Å². The molecule has 1 saturated heterocycles. The summed E-state index contributed by atoms with van der Waals surface area (Å²) in [5.74, 6) is 0.0939. The fourth-order valence-corrected chi connectivity index (χ4v) is 4.16. The minimum absolute atomic E-state index is 0.0939. The second-order valence-corrected chi connectivity index (χ2v) is 7.98. The van der Waals surface area contributed by atoms with Crippen LogP contribution in [0.25, 0.3) is 0 Å². The first kappa shape index (κ1) is 20.3. The maximum Gasteiger partial charge on any atom is 0.245 e. The molecule has 0 radical (unpaired) electrons. The Morgan fingerprint density at radius 3 is 1.97 bits per heavy atom. The van der Waals surface area contributed by atoms with E-state index in [4.69, 9.17) is 0 Å². The summed E-state index contributed by atoms with van der Waals surface area (Å²) in [7, 11) is 2.07. The molecule has 1 heterocycles. The van der Waals surface area contributed by atoms with E-state index in [-0.39, 0.29) is 5.91 Å². The Labute approximate surface area is 179 Å². The largest absolute Gasteiger partial charge is 0.297 e. The molecule has 4 nitrogen and oxygen atoms in total. The molecule has 1 unspecified atom stereocenters. The third kappa shape index (κ3) is 4.96. The highest BCUT2D eigenvalue weighted by molar-refractivity contribution is 6.01. The van der Waals surface area contributed by atoms with Crippen LogP contribution in [-0.4, -0.2) is 48.4 Å². The molecule has 1 fully saturated rings. The van der Waals surface area contributed by atoms with Gasteiger partial charge in [-0.3, -0.25) is 19.5 Å². The molecule has 0 bridgehead atoms. The topological polar surface area (TPSA) is 26.8 Å². The fourth-order valence-electron chi connectivity index (χ4n) is 4.16. The number of hydrogen-bond acceptors (Lipinski definition) is 3. The number of carbonyl (C=O) groups is 1. The average molecular weight is 400 g/mol. The van der Waals surface area contributed by atoms with E-state index in [2.05, 4.69) is 47.2 Å². The zero-order valence-electron chi connectivity index (χ0n) is 17.5. The quantitative estimate of drug-likeness (QED) is 0.583. The van der Waals surface area contributed by atoms with Crippen LogP contribution in [0.5, 0.6) is 0 Å². The predicted molar refractivity (Wildman–Crippen MR) is 123 cm³/mol. The summed E-state index contributed by atoms with van der Waals surface area (Å²) < 4.78 is 0. The van der Waals surface area contributed by atoms with Gasteiger partial charge >= 0.3 is 0 Å². The van der Waals surface area contributed by atoms with E-state index in [1.807, 2.05) is 65.6 Å². The maximum absolute atomic E-state index is 13.4. The van der Waals surface area contributed by atoms with Crippen LogP contribution in [0.3, 0.4) is 0 Å². The number of amides is 1. The van der Waals surface area contributed by atoms with E-state index in [1.165, 1.54) is 5.56 Å². The molecule has 154 valence electrons. The van der Waals surface area contributed by atoms with Gasteiger partial charge < -0.3 is 0 Å². The minimum atomic E-state index is 0.0939. The number of nitrogens with zero attached hydrogens (tertiary/aromatic N) is 3. The van der Waals surface area contributed by atoms with Crippen LogP contribution >= 0.6 is 0 Å². The lowest BCUT2D eigenvalue weighted by molar-refractivity contribution is -0.119. The van der Waals surface area contributed by atoms with Crippen LogP contribution in [-0.2, 0) is 11.3 Å². The first-order chi connectivity index (χ1) is 14.7. The zero-order valence-corrected chi connectivity index (χ0v) is 17.5. The number of likely N-dealkylation sites (tertiary alicyclic amines) is 1. The van der Waals surface area contributed by atoms with Gasteiger partial charge in [-0.2, -0.15) is 0 Å². The molecular formula is C26H29N3O. The van der Waals surface area contributed by atoms with E-state index >= 15 is 0 Å². The molecule has 4 rings (SSSR count). The Bertz CT molecular complexity index is 891. The first-order valence-electron chi connectivity index (χ1n) is 10.6. The summed E-state index contributed by atoms with van der Waals surface area (Å²) in [4.78, 5) is 19.9. The monoisotopic (exact) mass is 399 g/mol. The van der Waals surface area contributed by atoms with E-state index in [9.17, 15) is 4.79 Å². The van der Waals surface area contributed by atoms with Crippen LogP contribution < -0.4 is 4.90 Å². The number of para-hydroxylation sites is 2. The summed E-state index contributed by atoms with van der Waals surface area (Å²) in [6, 6.07) is 30.8. The van der Waals surface area contributed by atoms with E-state index in [1.54, 1.807) is 0 Å². The van der Waals surface area contributed by atoms with Crippen molar-refractivity contribution in [2.45, 2.75) is 19.0 Å². The molecule has 1 amide bonds.